The molecule has 10 heteroatoms. The maximum absolute atomic E-state index is 11.8. The summed E-state index contributed by atoms with van der Waals surface area (Å²) < 4.78 is 0. The third-order valence-corrected chi connectivity index (χ3v) is 13.5. The van der Waals surface area contributed by atoms with E-state index in [4.69, 9.17) is 29.9 Å². The minimum Gasteiger partial charge on any atom is -0.872 e. The second-order valence-corrected chi connectivity index (χ2v) is 20.3. The van der Waals surface area contributed by atoms with Crippen LogP contribution >= 0.6 is 0 Å². The summed E-state index contributed by atoms with van der Waals surface area (Å²) in [4.78, 5) is 29.3. The van der Waals surface area contributed by atoms with E-state index in [0.29, 0.717) is 10.8 Å². The Hall–Kier alpha value is -7.35. The van der Waals surface area contributed by atoms with Gasteiger partial charge in [-0.3, -0.25) is 20.0 Å². The van der Waals surface area contributed by atoms with Gasteiger partial charge in [-0.2, -0.15) is 0 Å². The summed E-state index contributed by atoms with van der Waals surface area (Å²) >= 11 is 0. The van der Waals surface area contributed by atoms with Gasteiger partial charge in [0.1, 0.15) is 0 Å². The molecule has 9 aromatic rings. The van der Waals surface area contributed by atoms with Crippen LogP contribution in [0.2, 0.25) is 0 Å². The third kappa shape index (κ3) is 14.6. The second kappa shape index (κ2) is 26.8. The van der Waals surface area contributed by atoms with Crippen LogP contribution in [0.3, 0.4) is 0 Å². The number of rotatable bonds is 8. The number of pyridine rings is 2. The number of benzene rings is 7. The summed E-state index contributed by atoms with van der Waals surface area (Å²) in [6.07, 6.45) is 0. The molecular weight excluding hydrogens is 1050 g/mol. The molecule has 0 aliphatic rings. The van der Waals surface area contributed by atoms with Crippen LogP contribution < -0.4 is 10.2 Å². The van der Waals surface area contributed by atoms with E-state index < -0.39 is 11.5 Å². The van der Waals surface area contributed by atoms with Crippen molar-refractivity contribution in [3.8, 4) is 11.5 Å². The summed E-state index contributed by atoms with van der Waals surface area (Å²) in [5, 5.41) is 26.4. The van der Waals surface area contributed by atoms with Gasteiger partial charge in [0.2, 0.25) is 0 Å². The second-order valence-electron chi connectivity index (χ2n) is 20.3. The average molecular weight is 1120 g/mol. The van der Waals surface area contributed by atoms with Crippen molar-refractivity contribution in [1.29, 1.82) is 0 Å². The normalized spacial score (nSPS) is 11.8. The predicted molar refractivity (Wildman–Crippen MR) is 319 cm³/mol. The first-order valence-electron chi connectivity index (χ1n) is 25.9. The van der Waals surface area contributed by atoms with E-state index in [0.717, 1.165) is 79.1 Å². The van der Waals surface area contributed by atoms with Crippen LogP contribution in [0.15, 0.2) is 153 Å². The predicted octanol–water partition coefficient (Wildman–Crippen LogP) is 16.6. The molecule has 78 heavy (non-hydrogen) atoms. The fourth-order valence-corrected chi connectivity index (χ4v) is 10.0. The summed E-state index contributed by atoms with van der Waals surface area (Å²) in [7, 11) is 0. The molecular formula is C68H70Co2N6O2-2. The van der Waals surface area contributed by atoms with Crippen LogP contribution in [0.4, 0.5) is 22.7 Å². The number of aryl methyl sites for hydroxylation is 12. The van der Waals surface area contributed by atoms with E-state index in [-0.39, 0.29) is 33.6 Å². The van der Waals surface area contributed by atoms with Crippen LogP contribution in [0.5, 0.6) is 11.5 Å². The Kier molecular flexibility index (Phi) is 21.1. The van der Waals surface area contributed by atoms with Crippen LogP contribution in [-0.2, 0) is 33.6 Å². The number of aromatic nitrogens is 2. The monoisotopic (exact) mass is 1120 g/mol. The molecule has 2 aromatic heterocycles. The van der Waals surface area contributed by atoms with Crippen LogP contribution in [0.1, 0.15) is 117 Å². The van der Waals surface area contributed by atoms with Gasteiger partial charge >= 0.3 is 0 Å². The molecule has 9 rings (SSSR count). The molecule has 0 N–H and O–H groups in total. The van der Waals surface area contributed by atoms with Gasteiger partial charge < -0.3 is 10.2 Å². The van der Waals surface area contributed by atoms with E-state index >= 15 is 0 Å². The molecule has 2 heterocycles. The quantitative estimate of drug-likeness (QED) is 0.111. The fourth-order valence-electron chi connectivity index (χ4n) is 10.0. The summed E-state index contributed by atoms with van der Waals surface area (Å²) in [5.41, 5.74) is 25.8. The third-order valence-electron chi connectivity index (χ3n) is 13.5. The Labute approximate surface area is 483 Å². The van der Waals surface area contributed by atoms with Gasteiger partial charge in [-0.15, -0.1) is 11.5 Å². The maximum Gasteiger partial charge on any atom is 0.0849 e. The Morgan fingerprint density at radius 3 is 0.692 bits per heavy atom. The maximum atomic E-state index is 11.8. The Morgan fingerprint density at radius 2 is 0.487 bits per heavy atom. The van der Waals surface area contributed by atoms with E-state index in [9.17, 15) is 10.2 Å². The Balaban J connectivity index is 0.000000222. The largest absolute Gasteiger partial charge is 0.872 e. The molecule has 404 valence electrons. The standard InChI is InChI=1S/2C27H31N3.C14H10O2.2Co/c2*1-16-12-18(3)26(19(4)13-16)28-22(7)24-10-9-11-25(30-24)23(8)29-27-20(5)14-17(2)15-21(27)6;15-13-11-7-3-1-5-9(11)10-6-2-4-8-12(10)14(13)16;;/h2*9-15H,1-8H3;1-8,15-16H;;/p-2. The SMILES string of the molecule is CC(=Nc1c(C)cc(C)cc1C)c1cccc(C(C)=Nc2c(C)cc(C)cc2C)n1.CC(=Nc1c(C)cc(C)cc1C)c1cccc(C(C)=Nc2c(C)cc(C)cc2C)n1.[Co].[Co].[O-]c1c([O-])c2ccccc2c2ccccc12. The summed E-state index contributed by atoms with van der Waals surface area (Å²) in [6.45, 7) is 33.4. The molecule has 0 saturated heterocycles. The fraction of sp³-hybridized carbons (Fsp3) is 0.235. The Morgan fingerprint density at radius 1 is 0.295 bits per heavy atom. The average Bonchev–Trinajstić information content (AvgIpc) is 3.41. The smallest absolute Gasteiger partial charge is 0.0849 e. The van der Waals surface area contributed by atoms with Crippen LogP contribution in [0.25, 0.3) is 21.5 Å². The van der Waals surface area contributed by atoms with Crippen molar-refractivity contribution in [2.75, 3.05) is 0 Å². The molecule has 7 aromatic carbocycles. The minimum absolute atomic E-state index is 0. The van der Waals surface area contributed by atoms with Crippen molar-refractivity contribution in [1.82, 2.24) is 9.97 Å². The van der Waals surface area contributed by atoms with Gasteiger partial charge in [0.25, 0.3) is 0 Å². The van der Waals surface area contributed by atoms with Crippen molar-refractivity contribution in [2.24, 2.45) is 20.0 Å². The zero-order valence-electron chi connectivity index (χ0n) is 47.9. The zero-order chi connectivity index (χ0) is 55.1. The van der Waals surface area contributed by atoms with E-state index in [1.165, 1.54) is 66.8 Å². The topological polar surface area (TPSA) is 121 Å². The first-order chi connectivity index (χ1) is 36.1. The first kappa shape index (κ1) is 61.5. The number of hydrogen-bond donors (Lipinski definition) is 0. The van der Waals surface area contributed by atoms with E-state index in [1.54, 1.807) is 24.3 Å². The molecule has 0 unspecified atom stereocenters. The van der Waals surface area contributed by atoms with Crippen molar-refractivity contribution in [3.05, 3.63) is 223 Å². The molecule has 0 bridgehead atoms. The van der Waals surface area contributed by atoms with E-state index in [1.807, 2.05) is 88.4 Å². The number of fused-ring (bicyclic) bond motifs is 3. The van der Waals surface area contributed by atoms with Crippen LogP contribution in [-0.4, -0.2) is 32.8 Å². The Bertz CT molecular complexity index is 3300. The van der Waals surface area contributed by atoms with Crippen molar-refractivity contribution >= 4 is 67.1 Å². The van der Waals surface area contributed by atoms with Crippen LogP contribution in [0, 0.1) is 83.1 Å². The van der Waals surface area contributed by atoms with Gasteiger partial charge in [0.15, 0.2) is 0 Å². The molecule has 0 atom stereocenters. The molecule has 2 radical (unpaired) electrons. The van der Waals surface area contributed by atoms with Gasteiger partial charge in [-0.25, -0.2) is 9.97 Å². The van der Waals surface area contributed by atoms with Gasteiger partial charge in [0.05, 0.1) is 68.4 Å². The van der Waals surface area contributed by atoms with Gasteiger partial charge in [-0.1, -0.05) is 131 Å². The van der Waals surface area contributed by atoms with Gasteiger partial charge in [-0.05, 0) is 201 Å². The minimum atomic E-state index is -0.408. The molecule has 0 aliphatic carbocycles. The van der Waals surface area contributed by atoms with Gasteiger partial charge in [0, 0.05) is 33.6 Å². The number of aliphatic imine (C=N–C) groups is 4. The van der Waals surface area contributed by atoms with Crippen molar-refractivity contribution < 1.29 is 43.8 Å². The molecule has 0 aliphatic heterocycles. The number of nitrogens with zero attached hydrogens (tertiary/aromatic N) is 6. The van der Waals surface area contributed by atoms with Crippen molar-refractivity contribution in [3.63, 3.8) is 0 Å². The molecule has 8 nitrogen and oxygen atoms in total. The molecule has 0 amide bonds. The first-order valence-corrected chi connectivity index (χ1v) is 25.9. The van der Waals surface area contributed by atoms with E-state index in [2.05, 4.69) is 132 Å². The van der Waals surface area contributed by atoms with Crippen molar-refractivity contribution in [2.45, 2.75) is 111 Å². The summed E-state index contributed by atoms with van der Waals surface area (Å²) in [5.74, 6) is -0.816. The molecule has 0 saturated carbocycles. The number of hydrogen-bond acceptors (Lipinski definition) is 8. The molecule has 0 fully saturated rings. The zero-order valence-corrected chi connectivity index (χ0v) is 50.0. The molecule has 0 spiro atoms. The summed E-state index contributed by atoms with van der Waals surface area (Å²) in [6, 6.07) is 43.9.